The number of hydrogen-bond donors (Lipinski definition) is 1. The Balaban J connectivity index is 3.37. The molecule has 19 heavy (non-hydrogen) atoms. The van der Waals surface area contributed by atoms with Crippen LogP contribution in [0.5, 0.6) is 0 Å². The molecule has 0 amide bonds. The highest BCUT2D eigenvalue weighted by Crippen LogP contribution is 2.30. The van der Waals surface area contributed by atoms with Crippen LogP contribution in [0.1, 0.15) is 31.1 Å². The maximum atomic E-state index is 13.7. The summed E-state index contributed by atoms with van der Waals surface area (Å²) in [4.78, 5) is 21.6. The van der Waals surface area contributed by atoms with Crippen LogP contribution in [0.4, 0.5) is 15.8 Å². The van der Waals surface area contributed by atoms with Gasteiger partial charge in [0.2, 0.25) is 0 Å². The molecule has 0 aliphatic heterocycles. The van der Waals surface area contributed by atoms with E-state index in [2.05, 4.69) is 10.1 Å². The van der Waals surface area contributed by atoms with Crippen LogP contribution in [0.2, 0.25) is 0 Å². The van der Waals surface area contributed by atoms with Gasteiger partial charge in [0.1, 0.15) is 17.1 Å². The van der Waals surface area contributed by atoms with Crippen LogP contribution in [0, 0.1) is 15.9 Å². The van der Waals surface area contributed by atoms with Crippen molar-refractivity contribution in [3.63, 3.8) is 0 Å². The summed E-state index contributed by atoms with van der Waals surface area (Å²) in [5.74, 6) is -1.83. The summed E-state index contributed by atoms with van der Waals surface area (Å²) in [5.41, 5.74) is -1.31. The van der Waals surface area contributed by atoms with Crippen molar-refractivity contribution in [1.82, 2.24) is 0 Å². The van der Waals surface area contributed by atoms with Gasteiger partial charge in [0.05, 0.1) is 12.0 Å². The number of nitrogens with one attached hydrogen (secondary N) is 1. The van der Waals surface area contributed by atoms with Gasteiger partial charge in [-0.15, -0.1) is 0 Å². The van der Waals surface area contributed by atoms with Crippen molar-refractivity contribution >= 4 is 17.3 Å². The summed E-state index contributed by atoms with van der Waals surface area (Å²) in [6, 6.07) is 1.80. The largest absolute Gasteiger partial charge is 0.465 e. The number of hydrogen-bond acceptors (Lipinski definition) is 5. The molecule has 0 unspecified atom stereocenters. The molecule has 7 heteroatoms. The monoisotopic (exact) mass is 270 g/mol. The van der Waals surface area contributed by atoms with E-state index >= 15 is 0 Å². The number of benzene rings is 1. The Morgan fingerprint density at radius 1 is 1.42 bits per heavy atom. The molecule has 1 aromatic carbocycles. The van der Waals surface area contributed by atoms with E-state index in [0.29, 0.717) is 0 Å². The molecule has 1 N–H and O–H groups in total. The summed E-state index contributed by atoms with van der Waals surface area (Å²) in [6.45, 7) is 5.34. The average molecular weight is 270 g/mol. The third-order valence-electron chi connectivity index (χ3n) is 2.20. The lowest BCUT2D eigenvalue weighted by atomic mass is 10.1. The number of halogens is 1. The van der Waals surface area contributed by atoms with Crippen LogP contribution in [0.15, 0.2) is 12.1 Å². The summed E-state index contributed by atoms with van der Waals surface area (Å²) >= 11 is 0. The van der Waals surface area contributed by atoms with Gasteiger partial charge < -0.3 is 10.1 Å². The Bertz CT molecular complexity index is 523. The van der Waals surface area contributed by atoms with Crippen molar-refractivity contribution in [2.75, 3.05) is 12.4 Å². The second-order valence-electron chi connectivity index (χ2n) is 4.97. The second kappa shape index (κ2) is 5.21. The fourth-order valence-electron chi connectivity index (χ4n) is 1.48. The Kier molecular flexibility index (Phi) is 4.08. The number of esters is 1. The fourth-order valence-corrected chi connectivity index (χ4v) is 1.48. The van der Waals surface area contributed by atoms with Crippen molar-refractivity contribution in [3.8, 4) is 0 Å². The zero-order valence-electron chi connectivity index (χ0n) is 11.1. The van der Waals surface area contributed by atoms with Crippen LogP contribution in [0.25, 0.3) is 0 Å². The number of ether oxygens (including phenoxy) is 1. The Labute approximate surface area is 109 Å². The molecule has 1 rings (SSSR count). The lowest BCUT2D eigenvalue weighted by Crippen LogP contribution is -2.26. The first-order chi connectivity index (χ1) is 8.65. The van der Waals surface area contributed by atoms with Crippen molar-refractivity contribution < 1.29 is 18.8 Å². The predicted molar refractivity (Wildman–Crippen MR) is 67.8 cm³/mol. The summed E-state index contributed by atoms with van der Waals surface area (Å²) in [7, 11) is 1.08. The third kappa shape index (κ3) is 3.64. The highest BCUT2D eigenvalue weighted by molar-refractivity contribution is 5.91. The van der Waals surface area contributed by atoms with Crippen LogP contribution in [-0.4, -0.2) is 23.5 Å². The van der Waals surface area contributed by atoms with Gasteiger partial charge in [-0.25, -0.2) is 9.18 Å². The van der Waals surface area contributed by atoms with Crippen molar-refractivity contribution in [2.24, 2.45) is 0 Å². The Hall–Kier alpha value is -2.18. The predicted octanol–water partition coefficient (Wildman–Crippen LogP) is 2.73. The molecule has 1 aromatic rings. The van der Waals surface area contributed by atoms with Crippen molar-refractivity contribution in [2.45, 2.75) is 26.3 Å². The van der Waals surface area contributed by atoms with Gasteiger partial charge in [-0.3, -0.25) is 10.1 Å². The fraction of sp³-hybridized carbons (Fsp3) is 0.417. The molecule has 104 valence electrons. The number of nitro benzene ring substituents is 1. The topological polar surface area (TPSA) is 81.5 Å². The second-order valence-corrected chi connectivity index (χ2v) is 4.97. The van der Waals surface area contributed by atoms with E-state index in [0.717, 1.165) is 19.2 Å². The number of carbonyl (C=O) groups excluding carboxylic acids is 1. The van der Waals surface area contributed by atoms with Gasteiger partial charge in [0, 0.05) is 17.7 Å². The van der Waals surface area contributed by atoms with Gasteiger partial charge in [0.25, 0.3) is 5.69 Å². The van der Waals surface area contributed by atoms with E-state index in [4.69, 9.17) is 0 Å². The van der Waals surface area contributed by atoms with Gasteiger partial charge in [0.15, 0.2) is 0 Å². The number of nitrogens with zero attached hydrogens (tertiary/aromatic N) is 1. The van der Waals surface area contributed by atoms with E-state index in [1.165, 1.54) is 0 Å². The number of nitro groups is 1. The van der Waals surface area contributed by atoms with Gasteiger partial charge >= 0.3 is 5.97 Å². The molecule has 0 radical (unpaired) electrons. The third-order valence-corrected chi connectivity index (χ3v) is 2.20. The highest BCUT2D eigenvalue weighted by atomic mass is 19.1. The molecule has 0 aliphatic rings. The molecule has 0 bridgehead atoms. The van der Waals surface area contributed by atoms with E-state index < -0.39 is 27.8 Å². The molecule has 0 aliphatic carbocycles. The molecule has 0 fully saturated rings. The minimum atomic E-state index is -0.956. The molecular weight excluding hydrogens is 255 g/mol. The van der Waals surface area contributed by atoms with Crippen LogP contribution < -0.4 is 5.32 Å². The van der Waals surface area contributed by atoms with Gasteiger partial charge in [-0.05, 0) is 20.8 Å². The number of methoxy groups -OCH3 is 1. The molecule has 0 atom stereocenters. The normalized spacial score (nSPS) is 11.0. The van der Waals surface area contributed by atoms with Crippen molar-refractivity contribution in [1.29, 1.82) is 0 Å². The number of rotatable bonds is 3. The number of anilines is 1. The quantitative estimate of drug-likeness (QED) is 0.519. The smallest absolute Gasteiger partial charge is 0.341 e. The first kappa shape index (κ1) is 14.9. The molecule has 0 aromatic heterocycles. The molecule has 0 spiro atoms. The standard InChI is InChI=1S/C12H15FN2O4/c1-12(2,3)14-9-6-8(13)7(11(16)19-4)5-10(9)15(17)18/h5-6,14H,1-4H3. The molecular formula is C12H15FN2O4. The lowest BCUT2D eigenvalue weighted by molar-refractivity contribution is -0.384. The summed E-state index contributed by atoms with van der Waals surface area (Å²) in [6.07, 6.45) is 0. The molecule has 0 saturated carbocycles. The maximum absolute atomic E-state index is 13.7. The number of carbonyl (C=O) groups is 1. The summed E-state index contributed by atoms with van der Waals surface area (Å²) in [5, 5.41) is 13.8. The Morgan fingerprint density at radius 2 is 2.00 bits per heavy atom. The minimum absolute atomic E-state index is 0.0163. The van der Waals surface area contributed by atoms with Gasteiger partial charge in [-0.2, -0.15) is 0 Å². The van der Waals surface area contributed by atoms with Gasteiger partial charge in [-0.1, -0.05) is 0 Å². The summed E-state index contributed by atoms with van der Waals surface area (Å²) < 4.78 is 18.1. The zero-order chi connectivity index (χ0) is 14.8. The average Bonchev–Trinajstić information content (AvgIpc) is 2.25. The first-order valence-corrected chi connectivity index (χ1v) is 5.50. The van der Waals surface area contributed by atoms with Crippen molar-refractivity contribution in [3.05, 3.63) is 33.6 Å². The molecule has 6 nitrogen and oxygen atoms in total. The van der Waals surface area contributed by atoms with E-state index in [-0.39, 0.29) is 11.4 Å². The first-order valence-electron chi connectivity index (χ1n) is 5.50. The SMILES string of the molecule is COC(=O)c1cc([N+](=O)[O-])c(NC(C)(C)C)cc1F. The Morgan fingerprint density at radius 3 is 2.42 bits per heavy atom. The highest BCUT2D eigenvalue weighted by Gasteiger charge is 2.24. The van der Waals surface area contributed by atoms with Crippen LogP contribution in [-0.2, 0) is 4.74 Å². The van der Waals surface area contributed by atoms with Crippen LogP contribution in [0.3, 0.4) is 0 Å². The lowest BCUT2D eigenvalue weighted by Gasteiger charge is -2.22. The molecule has 0 heterocycles. The molecule has 0 saturated heterocycles. The maximum Gasteiger partial charge on any atom is 0.341 e. The van der Waals surface area contributed by atoms with E-state index in [9.17, 15) is 19.3 Å². The zero-order valence-corrected chi connectivity index (χ0v) is 11.1. The minimum Gasteiger partial charge on any atom is -0.465 e. The van der Waals surface area contributed by atoms with E-state index in [1.807, 2.05) is 0 Å². The van der Waals surface area contributed by atoms with Crippen LogP contribution >= 0.6 is 0 Å². The van der Waals surface area contributed by atoms with E-state index in [1.54, 1.807) is 20.8 Å².